The van der Waals surface area contributed by atoms with Gasteiger partial charge in [-0.25, -0.2) is 0 Å². The fourth-order valence-electron chi connectivity index (χ4n) is 3.35. The molecular formula is C21H21N2O5S-. The molecule has 0 spiro atoms. The highest BCUT2D eigenvalue weighted by Gasteiger charge is 2.42. The van der Waals surface area contributed by atoms with E-state index < -0.39 is 18.4 Å². The number of carboxylic acid groups (broad SMARTS) is 1. The Labute approximate surface area is 174 Å². The fraction of sp³-hybridized carbons (Fsp3) is 0.286. The van der Waals surface area contributed by atoms with E-state index in [0.29, 0.717) is 30.2 Å². The Kier molecular flexibility index (Phi) is 6.33. The lowest BCUT2D eigenvalue weighted by Crippen LogP contribution is -2.41. The van der Waals surface area contributed by atoms with Gasteiger partial charge >= 0.3 is 0 Å². The molecule has 2 aromatic carbocycles. The van der Waals surface area contributed by atoms with E-state index in [-0.39, 0.29) is 11.0 Å². The highest BCUT2D eigenvalue weighted by atomic mass is 32.1. The second-order valence-electron chi connectivity index (χ2n) is 6.52. The van der Waals surface area contributed by atoms with Crippen molar-refractivity contribution in [3.05, 3.63) is 54.1 Å². The third-order valence-corrected chi connectivity index (χ3v) is 5.20. The van der Waals surface area contributed by atoms with Crippen LogP contribution in [0.2, 0.25) is 0 Å². The molecule has 0 radical (unpaired) electrons. The maximum absolute atomic E-state index is 12.9. The van der Waals surface area contributed by atoms with Crippen molar-refractivity contribution < 1.29 is 24.2 Å². The topological polar surface area (TPSA) is 82.1 Å². The van der Waals surface area contributed by atoms with Crippen LogP contribution in [-0.2, 0) is 16.0 Å². The Morgan fingerprint density at radius 2 is 1.79 bits per heavy atom. The summed E-state index contributed by atoms with van der Waals surface area (Å²) in [6.07, 6.45) is 0.119. The van der Waals surface area contributed by atoms with Gasteiger partial charge in [-0.05, 0) is 48.5 Å². The summed E-state index contributed by atoms with van der Waals surface area (Å²) in [6, 6.07) is 13.6. The minimum atomic E-state index is -1.29. The molecule has 7 nitrogen and oxygen atoms in total. The molecule has 8 heteroatoms. The highest BCUT2D eigenvalue weighted by Crippen LogP contribution is 2.29. The SMILES string of the molecule is COc1ccc(CCN2C(=S)N(c3ccccc3)C(=O)[C@@H]2CC(=O)[O-])cc1OC. The summed E-state index contributed by atoms with van der Waals surface area (Å²) in [5.41, 5.74) is 1.56. The number of anilines is 1. The van der Waals surface area contributed by atoms with E-state index in [9.17, 15) is 14.7 Å². The molecule has 1 aliphatic rings. The molecule has 0 N–H and O–H groups in total. The van der Waals surface area contributed by atoms with Crippen LogP contribution in [-0.4, -0.2) is 48.7 Å². The van der Waals surface area contributed by atoms with Gasteiger partial charge in [0.15, 0.2) is 16.6 Å². The highest BCUT2D eigenvalue weighted by molar-refractivity contribution is 7.80. The van der Waals surface area contributed by atoms with Gasteiger partial charge in [0, 0.05) is 18.9 Å². The Balaban J connectivity index is 1.83. The van der Waals surface area contributed by atoms with Gasteiger partial charge in [0.2, 0.25) is 0 Å². The van der Waals surface area contributed by atoms with E-state index >= 15 is 0 Å². The molecule has 0 saturated carbocycles. The monoisotopic (exact) mass is 413 g/mol. The quantitative estimate of drug-likeness (QED) is 0.605. The Bertz CT molecular complexity index is 919. The molecule has 1 fully saturated rings. The minimum Gasteiger partial charge on any atom is -0.550 e. The van der Waals surface area contributed by atoms with Crippen molar-refractivity contribution in [1.29, 1.82) is 0 Å². The lowest BCUT2D eigenvalue weighted by molar-refractivity contribution is -0.306. The standard InChI is InChI=1S/C21H22N2O5S/c1-27-17-9-8-14(12-18(17)28-2)10-11-22-16(13-19(24)25)20(26)23(21(22)29)15-6-4-3-5-7-15/h3-9,12,16H,10-11,13H2,1-2H3,(H,24,25)/p-1/t16-/m0/s1. The van der Waals surface area contributed by atoms with Crippen molar-refractivity contribution in [2.75, 3.05) is 25.7 Å². The number of benzene rings is 2. The number of methoxy groups -OCH3 is 2. The first-order valence-electron chi connectivity index (χ1n) is 9.06. The molecule has 1 saturated heterocycles. The molecular weight excluding hydrogens is 392 g/mol. The molecule has 2 aromatic rings. The first-order valence-corrected chi connectivity index (χ1v) is 9.47. The summed E-state index contributed by atoms with van der Waals surface area (Å²) in [6.45, 7) is 0.376. The van der Waals surface area contributed by atoms with Crippen molar-refractivity contribution in [3.63, 3.8) is 0 Å². The summed E-state index contributed by atoms with van der Waals surface area (Å²) in [5.74, 6) is -0.439. The molecule has 1 amide bonds. The molecule has 1 heterocycles. The second-order valence-corrected chi connectivity index (χ2v) is 6.88. The second kappa shape index (κ2) is 8.91. The Morgan fingerprint density at radius 3 is 2.41 bits per heavy atom. The third kappa shape index (κ3) is 4.32. The van der Waals surface area contributed by atoms with Crippen molar-refractivity contribution in [1.82, 2.24) is 4.90 Å². The molecule has 1 atom stereocenters. The van der Waals surface area contributed by atoms with E-state index in [2.05, 4.69) is 0 Å². The predicted molar refractivity (Wildman–Crippen MR) is 110 cm³/mol. The van der Waals surface area contributed by atoms with Crippen molar-refractivity contribution in [2.45, 2.75) is 18.9 Å². The number of thiocarbonyl (C=S) groups is 1. The van der Waals surface area contributed by atoms with Gasteiger partial charge in [-0.3, -0.25) is 9.69 Å². The average Bonchev–Trinajstić information content (AvgIpc) is 2.95. The van der Waals surface area contributed by atoms with E-state index in [1.165, 1.54) is 4.90 Å². The van der Waals surface area contributed by atoms with Crippen LogP contribution in [0.1, 0.15) is 12.0 Å². The molecule has 0 unspecified atom stereocenters. The van der Waals surface area contributed by atoms with Gasteiger partial charge < -0.3 is 24.3 Å². The molecule has 3 rings (SSSR count). The van der Waals surface area contributed by atoms with Gasteiger partial charge in [0.1, 0.15) is 6.04 Å². The number of carbonyl (C=O) groups is 2. The van der Waals surface area contributed by atoms with Crippen LogP contribution in [0.3, 0.4) is 0 Å². The number of nitrogens with zero attached hydrogens (tertiary/aromatic N) is 2. The van der Waals surface area contributed by atoms with E-state index in [4.69, 9.17) is 21.7 Å². The first kappa shape index (κ1) is 20.6. The first-order chi connectivity index (χ1) is 14.0. The summed E-state index contributed by atoms with van der Waals surface area (Å²) in [5, 5.41) is 11.5. The van der Waals surface area contributed by atoms with Gasteiger partial charge in [-0.2, -0.15) is 0 Å². The largest absolute Gasteiger partial charge is 0.550 e. The number of para-hydroxylation sites is 1. The normalized spacial score (nSPS) is 16.3. The lowest BCUT2D eigenvalue weighted by atomic mass is 10.1. The maximum Gasteiger partial charge on any atom is 0.256 e. The maximum atomic E-state index is 12.9. The number of amides is 1. The third-order valence-electron chi connectivity index (χ3n) is 4.78. The van der Waals surface area contributed by atoms with Crippen molar-refractivity contribution in [3.8, 4) is 11.5 Å². The number of rotatable bonds is 8. The Hall–Kier alpha value is -3.13. The predicted octanol–water partition coefficient (Wildman–Crippen LogP) is 1.39. The zero-order valence-corrected chi connectivity index (χ0v) is 17.0. The molecule has 0 bridgehead atoms. The number of ether oxygens (including phenoxy) is 2. The molecule has 0 aliphatic carbocycles. The fourth-order valence-corrected chi connectivity index (χ4v) is 3.76. The van der Waals surface area contributed by atoms with Crippen molar-refractivity contribution in [2.24, 2.45) is 0 Å². The van der Waals surface area contributed by atoms with Crippen LogP contribution in [0, 0.1) is 0 Å². The Morgan fingerprint density at radius 1 is 1.10 bits per heavy atom. The van der Waals surface area contributed by atoms with Gasteiger partial charge in [0.25, 0.3) is 5.91 Å². The summed E-state index contributed by atoms with van der Waals surface area (Å²) in [4.78, 5) is 27.2. The number of hydrogen-bond donors (Lipinski definition) is 0. The summed E-state index contributed by atoms with van der Waals surface area (Å²) in [7, 11) is 3.12. The number of carbonyl (C=O) groups excluding carboxylic acids is 2. The number of hydrogen-bond acceptors (Lipinski definition) is 6. The zero-order valence-electron chi connectivity index (χ0n) is 16.2. The van der Waals surface area contributed by atoms with Crippen LogP contribution in [0.25, 0.3) is 0 Å². The minimum absolute atomic E-state index is 0.285. The van der Waals surface area contributed by atoms with Crippen LogP contribution < -0.4 is 19.5 Å². The van der Waals surface area contributed by atoms with E-state index in [1.54, 1.807) is 49.5 Å². The molecule has 0 aromatic heterocycles. The summed E-state index contributed by atoms with van der Waals surface area (Å²) >= 11 is 5.53. The van der Waals surface area contributed by atoms with Gasteiger partial charge in [0.05, 0.1) is 19.9 Å². The summed E-state index contributed by atoms with van der Waals surface area (Å²) < 4.78 is 10.6. The number of carboxylic acids is 1. The average molecular weight is 413 g/mol. The zero-order chi connectivity index (χ0) is 21.0. The number of aliphatic carboxylic acids is 1. The molecule has 29 heavy (non-hydrogen) atoms. The van der Waals surface area contributed by atoms with Gasteiger partial charge in [-0.15, -0.1) is 0 Å². The van der Waals surface area contributed by atoms with Crippen LogP contribution in [0.15, 0.2) is 48.5 Å². The molecule has 152 valence electrons. The van der Waals surface area contributed by atoms with Crippen LogP contribution in [0.5, 0.6) is 11.5 Å². The molecule has 1 aliphatic heterocycles. The van der Waals surface area contributed by atoms with E-state index in [1.807, 2.05) is 18.2 Å². The van der Waals surface area contributed by atoms with Crippen LogP contribution in [0.4, 0.5) is 5.69 Å². The van der Waals surface area contributed by atoms with Crippen LogP contribution >= 0.6 is 12.2 Å². The van der Waals surface area contributed by atoms with Gasteiger partial charge in [-0.1, -0.05) is 24.3 Å². The lowest BCUT2D eigenvalue weighted by Gasteiger charge is -2.24. The van der Waals surface area contributed by atoms with Crippen molar-refractivity contribution >= 4 is 34.9 Å². The van der Waals surface area contributed by atoms with E-state index in [0.717, 1.165) is 5.56 Å². The smallest absolute Gasteiger partial charge is 0.256 e.